The minimum Gasteiger partial charge on any atom is -0.339 e. The molecule has 3 heteroatoms. The molecule has 0 spiro atoms. The first-order valence-corrected chi connectivity index (χ1v) is 5.74. The second-order valence-electron chi connectivity index (χ2n) is 4.34. The van der Waals surface area contributed by atoms with Crippen LogP contribution in [0.15, 0.2) is 12.7 Å². The lowest BCUT2D eigenvalue weighted by atomic mass is 9.83. The van der Waals surface area contributed by atoms with Crippen molar-refractivity contribution in [3.05, 3.63) is 12.7 Å². The highest BCUT2D eigenvalue weighted by Gasteiger charge is 2.39. The van der Waals surface area contributed by atoms with E-state index in [4.69, 9.17) is 9.47 Å². The molecular weight excluding hydrogens is 192 g/mol. The summed E-state index contributed by atoms with van der Waals surface area (Å²) in [5, 5.41) is 0. The number of hydrogen-bond acceptors (Lipinski definition) is 3. The SMILES string of the molecule is C=CC1OC(C=O)OC1C1CCCCC1. The fourth-order valence-corrected chi connectivity index (χ4v) is 2.59. The lowest BCUT2D eigenvalue weighted by Gasteiger charge is -2.28. The smallest absolute Gasteiger partial charge is 0.215 e. The largest absolute Gasteiger partial charge is 0.339 e. The quantitative estimate of drug-likeness (QED) is 0.528. The van der Waals surface area contributed by atoms with Gasteiger partial charge in [-0.1, -0.05) is 25.3 Å². The van der Waals surface area contributed by atoms with Crippen molar-refractivity contribution >= 4 is 6.29 Å². The summed E-state index contributed by atoms with van der Waals surface area (Å²) < 4.78 is 11.0. The highest BCUT2D eigenvalue weighted by Crippen LogP contribution is 2.34. The first-order chi connectivity index (χ1) is 7.35. The summed E-state index contributed by atoms with van der Waals surface area (Å²) in [6.45, 7) is 3.74. The van der Waals surface area contributed by atoms with Crippen LogP contribution in [0.4, 0.5) is 0 Å². The van der Waals surface area contributed by atoms with Gasteiger partial charge in [0.1, 0.15) is 6.10 Å². The molecule has 0 bridgehead atoms. The Balaban J connectivity index is 1.99. The van der Waals surface area contributed by atoms with E-state index in [0.717, 1.165) is 6.29 Å². The number of carbonyl (C=O) groups is 1. The van der Waals surface area contributed by atoms with Crippen molar-refractivity contribution in [2.45, 2.75) is 50.6 Å². The number of ether oxygens (including phenoxy) is 2. The molecule has 0 aromatic heterocycles. The third-order valence-electron chi connectivity index (χ3n) is 3.36. The molecule has 1 aliphatic carbocycles. The molecule has 1 heterocycles. The molecule has 84 valence electrons. The van der Waals surface area contributed by atoms with Crippen LogP contribution in [0.25, 0.3) is 0 Å². The summed E-state index contributed by atoms with van der Waals surface area (Å²) in [5.74, 6) is 0.534. The van der Waals surface area contributed by atoms with Crippen molar-refractivity contribution in [1.82, 2.24) is 0 Å². The van der Waals surface area contributed by atoms with E-state index in [9.17, 15) is 4.79 Å². The summed E-state index contributed by atoms with van der Waals surface area (Å²) in [4.78, 5) is 10.6. The molecule has 1 saturated carbocycles. The van der Waals surface area contributed by atoms with Crippen molar-refractivity contribution < 1.29 is 14.3 Å². The molecule has 2 aliphatic rings. The van der Waals surface area contributed by atoms with Gasteiger partial charge in [-0.25, -0.2) is 0 Å². The molecule has 1 saturated heterocycles. The summed E-state index contributed by atoms with van der Waals surface area (Å²) in [6.07, 6.45) is 7.94. The molecule has 0 N–H and O–H groups in total. The van der Waals surface area contributed by atoms with E-state index in [-0.39, 0.29) is 12.2 Å². The number of hydrogen-bond donors (Lipinski definition) is 0. The summed E-state index contributed by atoms with van der Waals surface area (Å²) in [5.41, 5.74) is 0. The number of aldehydes is 1. The first-order valence-electron chi connectivity index (χ1n) is 5.74. The highest BCUT2D eigenvalue weighted by atomic mass is 16.7. The zero-order valence-corrected chi connectivity index (χ0v) is 8.93. The molecule has 2 fully saturated rings. The van der Waals surface area contributed by atoms with Gasteiger partial charge in [0.05, 0.1) is 6.10 Å². The zero-order chi connectivity index (χ0) is 10.7. The van der Waals surface area contributed by atoms with Crippen LogP contribution >= 0.6 is 0 Å². The summed E-state index contributed by atoms with van der Waals surface area (Å²) in [6, 6.07) is 0. The van der Waals surface area contributed by atoms with Gasteiger partial charge in [0, 0.05) is 0 Å². The van der Waals surface area contributed by atoms with Crippen LogP contribution in [-0.2, 0) is 14.3 Å². The molecule has 3 atom stereocenters. The first kappa shape index (κ1) is 10.8. The standard InChI is InChI=1S/C12H18O3/c1-2-10-12(15-11(8-13)14-10)9-6-4-3-5-7-9/h2,8-12H,1,3-7H2. The van der Waals surface area contributed by atoms with E-state index >= 15 is 0 Å². The van der Waals surface area contributed by atoms with Gasteiger partial charge >= 0.3 is 0 Å². The predicted octanol–water partition coefficient (Wildman–Crippen LogP) is 2.06. The van der Waals surface area contributed by atoms with Gasteiger partial charge in [-0.3, -0.25) is 4.79 Å². The average molecular weight is 210 g/mol. The Morgan fingerprint density at radius 2 is 1.87 bits per heavy atom. The van der Waals surface area contributed by atoms with Crippen molar-refractivity contribution in [3.63, 3.8) is 0 Å². The van der Waals surface area contributed by atoms with Crippen LogP contribution in [-0.4, -0.2) is 24.8 Å². The molecule has 0 radical (unpaired) electrons. The molecule has 2 rings (SSSR count). The van der Waals surface area contributed by atoms with Gasteiger partial charge < -0.3 is 9.47 Å². The molecular formula is C12H18O3. The van der Waals surface area contributed by atoms with Crippen LogP contribution in [0.2, 0.25) is 0 Å². The third-order valence-corrected chi connectivity index (χ3v) is 3.36. The predicted molar refractivity (Wildman–Crippen MR) is 56.4 cm³/mol. The Labute approximate surface area is 90.4 Å². The summed E-state index contributed by atoms with van der Waals surface area (Å²) >= 11 is 0. The Morgan fingerprint density at radius 3 is 2.47 bits per heavy atom. The Bertz CT molecular complexity index is 233. The maximum absolute atomic E-state index is 10.6. The molecule has 15 heavy (non-hydrogen) atoms. The molecule has 1 aliphatic heterocycles. The lowest BCUT2D eigenvalue weighted by molar-refractivity contribution is -0.135. The van der Waals surface area contributed by atoms with Crippen molar-refractivity contribution in [1.29, 1.82) is 0 Å². The van der Waals surface area contributed by atoms with Crippen LogP contribution < -0.4 is 0 Å². The van der Waals surface area contributed by atoms with E-state index in [2.05, 4.69) is 6.58 Å². The molecule has 0 amide bonds. The van der Waals surface area contributed by atoms with Crippen LogP contribution in [0.3, 0.4) is 0 Å². The van der Waals surface area contributed by atoms with E-state index in [1.807, 2.05) is 0 Å². The van der Waals surface area contributed by atoms with E-state index in [0.29, 0.717) is 5.92 Å². The topological polar surface area (TPSA) is 35.5 Å². The molecule has 3 nitrogen and oxygen atoms in total. The van der Waals surface area contributed by atoms with Gasteiger partial charge in [0.15, 0.2) is 6.29 Å². The van der Waals surface area contributed by atoms with Crippen molar-refractivity contribution in [2.24, 2.45) is 5.92 Å². The van der Waals surface area contributed by atoms with Gasteiger partial charge in [0.25, 0.3) is 0 Å². The number of carbonyl (C=O) groups excluding carboxylic acids is 1. The van der Waals surface area contributed by atoms with Gasteiger partial charge in [-0.05, 0) is 18.8 Å². The second kappa shape index (κ2) is 4.90. The Hall–Kier alpha value is -0.670. The summed E-state index contributed by atoms with van der Waals surface area (Å²) in [7, 11) is 0. The minimum absolute atomic E-state index is 0.0398. The van der Waals surface area contributed by atoms with Gasteiger partial charge in [0.2, 0.25) is 6.29 Å². The second-order valence-corrected chi connectivity index (χ2v) is 4.34. The van der Waals surface area contributed by atoms with Crippen molar-refractivity contribution in [3.8, 4) is 0 Å². The Morgan fingerprint density at radius 1 is 1.13 bits per heavy atom. The molecule has 0 aromatic carbocycles. The van der Waals surface area contributed by atoms with Crippen LogP contribution in [0.1, 0.15) is 32.1 Å². The monoisotopic (exact) mass is 210 g/mol. The molecule has 3 unspecified atom stereocenters. The van der Waals surface area contributed by atoms with Crippen LogP contribution in [0, 0.1) is 5.92 Å². The third kappa shape index (κ3) is 2.29. The molecule has 0 aromatic rings. The van der Waals surface area contributed by atoms with E-state index in [1.54, 1.807) is 6.08 Å². The normalized spacial score (nSPS) is 37.7. The lowest BCUT2D eigenvalue weighted by Crippen LogP contribution is -2.31. The van der Waals surface area contributed by atoms with Crippen LogP contribution in [0.5, 0.6) is 0 Å². The zero-order valence-electron chi connectivity index (χ0n) is 8.93. The average Bonchev–Trinajstić information content (AvgIpc) is 2.73. The van der Waals surface area contributed by atoms with E-state index < -0.39 is 6.29 Å². The van der Waals surface area contributed by atoms with Gasteiger partial charge in [-0.2, -0.15) is 0 Å². The fraction of sp³-hybridized carbons (Fsp3) is 0.750. The van der Waals surface area contributed by atoms with Crippen molar-refractivity contribution in [2.75, 3.05) is 0 Å². The highest BCUT2D eigenvalue weighted by molar-refractivity contribution is 5.54. The van der Waals surface area contributed by atoms with Gasteiger partial charge in [-0.15, -0.1) is 6.58 Å². The fourth-order valence-electron chi connectivity index (χ4n) is 2.59. The number of rotatable bonds is 3. The Kier molecular flexibility index (Phi) is 3.54. The van der Waals surface area contributed by atoms with E-state index in [1.165, 1.54) is 32.1 Å². The minimum atomic E-state index is -0.681. The maximum atomic E-state index is 10.6. The maximum Gasteiger partial charge on any atom is 0.215 e.